The second-order valence-electron chi connectivity index (χ2n) is 5.03. The van der Waals surface area contributed by atoms with E-state index in [4.69, 9.17) is 16.7 Å². The summed E-state index contributed by atoms with van der Waals surface area (Å²) in [4.78, 5) is 18.6. The zero-order chi connectivity index (χ0) is 14.0. The number of anilines is 1. The summed E-state index contributed by atoms with van der Waals surface area (Å²) in [7, 11) is 0. The van der Waals surface area contributed by atoms with Crippen LogP contribution in [-0.4, -0.2) is 37.8 Å². The minimum atomic E-state index is -0.966. The third-order valence-corrected chi connectivity index (χ3v) is 3.60. The van der Waals surface area contributed by atoms with Gasteiger partial charge in [-0.1, -0.05) is 0 Å². The van der Waals surface area contributed by atoms with Gasteiger partial charge in [-0.3, -0.25) is 4.79 Å². The van der Waals surface area contributed by atoms with Crippen molar-refractivity contribution in [3.05, 3.63) is 17.0 Å². The molecule has 1 fully saturated rings. The van der Waals surface area contributed by atoms with Gasteiger partial charge in [-0.2, -0.15) is 0 Å². The number of halogens is 1. The Morgan fingerprint density at radius 3 is 3.00 bits per heavy atom. The summed E-state index contributed by atoms with van der Waals surface area (Å²) in [6.07, 6.45) is 3.64. The van der Waals surface area contributed by atoms with Crippen LogP contribution in [0.4, 0.5) is 5.82 Å². The van der Waals surface area contributed by atoms with Gasteiger partial charge in [0.1, 0.15) is 5.82 Å². The van der Waals surface area contributed by atoms with Crippen molar-refractivity contribution < 1.29 is 15.0 Å². The van der Waals surface area contributed by atoms with Crippen molar-refractivity contribution in [2.24, 2.45) is 0 Å². The van der Waals surface area contributed by atoms with Gasteiger partial charge >= 0.3 is 5.97 Å². The summed E-state index contributed by atoms with van der Waals surface area (Å²) >= 11 is 5.74. The Kier molecular flexibility index (Phi) is 3.91. The Labute approximate surface area is 115 Å². The first-order chi connectivity index (χ1) is 8.88. The van der Waals surface area contributed by atoms with E-state index < -0.39 is 11.6 Å². The quantitative estimate of drug-likeness (QED) is 0.725. The van der Waals surface area contributed by atoms with E-state index in [0.717, 1.165) is 12.8 Å². The molecule has 0 saturated heterocycles. The SMILES string of the molecule is C[C@@]1(O)CCC[C@@H]1Nc1nc(Cl)ncc1CC(=O)O. The predicted molar refractivity (Wildman–Crippen MR) is 70.3 cm³/mol. The van der Waals surface area contributed by atoms with Crippen LogP contribution in [0.25, 0.3) is 0 Å². The van der Waals surface area contributed by atoms with Gasteiger partial charge in [-0.05, 0) is 37.8 Å². The molecule has 104 valence electrons. The van der Waals surface area contributed by atoms with Gasteiger partial charge in [-0.15, -0.1) is 0 Å². The molecule has 1 saturated carbocycles. The standard InChI is InChI=1S/C12H16ClN3O3/c1-12(19)4-2-3-8(12)15-10-7(5-9(17)18)6-14-11(13)16-10/h6,8,19H,2-5H2,1H3,(H,17,18)(H,14,15,16)/t8-,12+/m0/s1. The first-order valence-electron chi connectivity index (χ1n) is 6.10. The number of aromatic nitrogens is 2. The molecule has 0 aliphatic heterocycles. The molecule has 0 unspecified atom stereocenters. The highest BCUT2D eigenvalue weighted by Crippen LogP contribution is 2.32. The number of rotatable bonds is 4. The smallest absolute Gasteiger partial charge is 0.308 e. The van der Waals surface area contributed by atoms with Crippen LogP contribution in [-0.2, 0) is 11.2 Å². The van der Waals surface area contributed by atoms with Gasteiger partial charge < -0.3 is 15.5 Å². The molecule has 0 spiro atoms. The molecule has 2 rings (SSSR count). The summed E-state index contributed by atoms with van der Waals surface area (Å²) in [6.45, 7) is 1.76. The summed E-state index contributed by atoms with van der Waals surface area (Å²) in [5.41, 5.74) is -0.364. The van der Waals surface area contributed by atoms with E-state index >= 15 is 0 Å². The average molecular weight is 286 g/mol. The highest BCUT2D eigenvalue weighted by atomic mass is 35.5. The number of carboxylic acids is 1. The van der Waals surface area contributed by atoms with Crippen molar-refractivity contribution in [3.63, 3.8) is 0 Å². The molecule has 19 heavy (non-hydrogen) atoms. The molecular weight excluding hydrogens is 270 g/mol. The Morgan fingerprint density at radius 2 is 2.42 bits per heavy atom. The van der Waals surface area contributed by atoms with Crippen molar-refractivity contribution in [3.8, 4) is 0 Å². The van der Waals surface area contributed by atoms with Crippen LogP contribution in [0.2, 0.25) is 5.28 Å². The molecular formula is C12H16ClN3O3. The van der Waals surface area contributed by atoms with Crippen molar-refractivity contribution in [2.75, 3.05) is 5.32 Å². The summed E-state index contributed by atoms with van der Waals surface area (Å²) in [5, 5.41) is 22.2. The second kappa shape index (κ2) is 5.30. The van der Waals surface area contributed by atoms with Gasteiger partial charge in [0.15, 0.2) is 0 Å². The lowest BCUT2D eigenvalue weighted by molar-refractivity contribution is -0.136. The Bertz CT molecular complexity index is 493. The highest BCUT2D eigenvalue weighted by Gasteiger charge is 2.37. The third-order valence-electron chi connectivity index (χ3n) is 3.41. The molecule has 7 heteroatoms. The lowest BCUT2D eigenvalue weighted by atomic mass is 10.0. The zero-order valence-corrected chi connectivity index (χ0v) is 11.3. The molecule has 0 radical (unpaired) electrons. The van der Waals surface area contributed by atoms with Gasteiger partial charge in [0.05, 0.1) is 18.1 Å². The first-order valence-corrected chi connectivity index (χ1v) is 6.48. The van der Waals surface area contributed by atoms with Crippen LogP contribution in [0.1, 0.15) is 31.7 Å². The van der Waals surface area contributed by atoms with Crippen LogP contribution in [0.5, 0.6) is 0 Å². The molecule has 0 amide bonds. The van der Waals surface area contributed by atoms with Crippen molar-refractivity contribution in [1.82, 2.24) is 9.97 Å². The van der Waals surface area contributed by atoms with Crippen LogP contribution < -0.4 is 5.32 Å². The van der Waals surface area contributed by atoms with Crippen LogP contribution in [0.15, 0.2) is 6.20 Å². The van der Waals surface area contributed by atoms with Gasteiger partial charge in [0, 0.05) is 11.8 Å². The van der Waals surface area contributed by atoms with E-state index in [1.165, 1.54) is 6.20 Å². The van der Waals surface area contributed by atoms with E-state index in [-0.39, 0.29) is 17.7 Å². The van der Waals surface area contributed by atoms with Crippen molar-refractivity contribution in [2.45, 2.75) is 44.2 Å². The lowest BCUT2D eigenvalue weighted by Crippen LogP contribution is -2.40. The number of carbonyl (C=O) groups is 1. The predicted octanol–water partition coefficient (Wildman–Crippen LogP) is 1.47. The largest absolute Gasteiger partial charge is 0.481 e. The number of hydrogen-bond acceptors (Lipinski definition) is 5. The van der Waals surface area contributed by atoms with E-state index in [2.05, 4.69) is 15.3 Å². The number of hydrogen-bond donors (Lipinski definition) is 3. The highest BCUT2D eigenvalue weighted by molar-refractivity contribution is 6.28. The molecule has 1 aromatic rings. The normalized spacial score (nSPS) is 26.4. The molecule has 1 heterocycles. The molecule has 0 aromatic carbocycles. The topological polar surface area (TPSA) is 95.3 Å². The maximum atomic E-state index is 10.8. The molecule has 2 atom stereocenters. The Hall–Kier alpha value is -1.40. The second-order valence-corrected chi connectivity index (χ2v) is 5.37. The Morgan fingerprint density at radius 1 is 1.68 bits per heavy atom. The van der Waals surface area contributed by atoms with E-state index in [1.807, 2.05) is 0 Å². The summed E-state index contributed by atoms with van der Waals surface area (Å²) in [5.74, 6) is -0.582. The van der Waals surface area contributed by atoms with E-state index in [9.17, 15) is 9.90 Å². The van der Waals surface area contributed by atoms with E-state index in [0.29, 0.717) is 17.8 Å². The fraction of sp³-hybridized carbons (Fsp3) is 0.583. The minimum Gasteiger partial charge on any atom is -0.481 e. The lowest BCUT2D eigenvalue weighted by Gasteiger charge is -2.27. The summed E-state index contributed by atoms with van der Waals surface area (Å²) in [6, 6.07) is -0.161. The van der Waals surface area contributed by atoms with Crippen LogP contribution in [0.3, 0.4) is 0 Å². The van der Waals surface area contributed by atoms with Gasteiger partial charge in [-0.25, -0.2) is 9.97 Å². The van der Waals surface area contributed by atoms with Crippen LogP contribution in [0, 0.1) is 0 Å². The molecule has 6 nitrogen and oxygen atoms in total. The summed E-state index contributed by atoms with van der Waals surface area (Å²) < 4.78 is 0. The fourth-order valence-electron chi connectivity index (χ4n) is 2.34. The molecule has 0 bridgehead atoms. The minimum absolute atomic E-state index is 0.0503. The van der Waals surface area contributed by atoms with E-state index in [1.54, 1.807) is 6.92 Å². The molecule has 3 N–H and O–H groups in total. The number of nitrogens with zero attached hydrogens (tertiary/aromatic N) is 2. The van der Waals surface area contributed by atoms with Crippen molar-refractivity contribution in [1.29, 1.82) is 0 Å². The monoisotopic (exact) mass is 285 g/mol. The first kappa shape index (κ1) is 14.0. The molecule has 1 aromatic heterocycles. The maximum absolute atomic E-state index is 10.8. The fourth-order valence-corrected chi connectivity index (χ4v) is 2.48. The van der Waals surface area contributed by atoms with Gasteiger partial charge in [0.2, 0.25) is 5.28 Å². The number of carboxylic acid groups (broad SMARTS) is 1. The molecule has 1 aliphatic carbocycles. The Balaban J connectivity index is 2.23. The van der Waals surface area contributed by atoms with Crippen LogP contribution >= 0.6 is 11.6 Å². The number of aliphatic carboxylic acids is 1. The zero-order valence-electron chi connectivity index (χ0n) is 10.6. The van der Waals surface area contributed by atoms with Gasteiger partial charge in [0.25, 0.3) is 0 Å². The average Bonchev–Trinajstić information content (AvgIpc) is 2.62. The number of nitrogens with one attached hydrogen (secondary N) is 1. The molecule has 1 aliphatic rings. The number of aliphatic hydroxyl groups is 1. The third kappa shape index (κ3) is 3.33. The maximum Gasteiger partial charge on any atom is 0.308 e. The van der Waals surface area contributed by atoms with Crippen molar-refractivity contribution >= 4 is 23.4 Å².